The Kier molecular flexibility index (Phi) is 5.06. The minimum absolute atomic E-state index is 0. The fourth-order valence-electron chi connectivity index (χ4n) is 3.50. The van der Waals surface area contributed by atoms with E-state index in [4.69, 9.17) is 0 Å². The maximum absolute atomic E-state index is 12.9. The molecule has 1 aromatic heterocycles. The van der Waals surface area contributed by atoms with Crippen LogP contribution in [0.1, 0.15) is 11.5 Å². The van der Waals surface area contributed by atoms with Gasteiger partial charge in [0.15, 0.2) is 0 Å². The maximum atomic E-state index is 12.9. The van der Waals surface area contributed by atoms with Gasteiger partial charge in [0.1, 0.15) is 0 Å². The SMILES string of the molecule is Cl.Cn1cc([C@H]2CNC[C@@H]2C(=O)Nc2cccc3ccccc23)cn1. The number of carbonyl (C=O) groups excluding carboxylic acids is 1. The first-order valence-electron chi connectivity index (χ1n) is 8.20. The Hall–Kier alpha value is -2.37. The third-order valence-electron chi connectivity index (χ3n) is 4.75. The smallest absolute Gasteiger partial charge is 0.229 e. The van der Waals surface area contributed by atoms with Crippen LogP contribution in [0.4, 0.5) is 5.69 Å². The van der Waals surface area contributed by atoms with Crippen molar-refractivity contribution in [2.24, 2.45) is 13.0 Å². The quantitative estimate of drug-likeness (QED) is 0.758. The summed E-state index contributed by atoms with van der Waals surface area (Å²) >= 11 is 0. The summed E-state index contributed by atoms with van der Waals surface area (Å²) in [6.45, 7) is 1.50. The molecule has 6 heteroatoms. The molecule has 1 amide bonds. The highest BCUT2D eigenvalue weighted by molar-refractivity contribution is 6.03. The molecule has 0 bridgehead atoms. The number of hydrogen-bond donors (Lipinski definition) is 2. The minimum atomic E-state index is -0.0897. The van der Waals surface area contributed by atoms with E-state index in [0.29, 0.717) is 6.54 Å². The standard InChI is InChI=1S/C19H20N4O.ClH/c1-23-12-14(9-21-23)16-10-20-11-17(16)19(24)22-18-8-4-6-13-5-2-3-7-15(13)18;/h2-9,12,16-17,20H,10-11H2,1H3,(H,22,24);1H/t16-,17+;/m1./s1. The van der Waals surface area contributed by atoms with Crippen LogP contribution in [0.25, 0.3) is 10.8 Å². The number of anilines is 1. The van der Waals surface area contributed by atoms with E-state index in [1.165, 1.54) is 0 Å². The first-order valence-corrected chi connectivity index (χ1v) is 8.20. The Bertz CT molecular complexity index is 887. The number of benzene rings is 2. The molecule has 1 fully saturated rings. The van der Waals surface area contributed by atoms with Crippen molar-refractivity contribution < 1.29 is 4.79 Å². The summed E-state index contributed by atoms with van der Waals surface area (Å²) in [5, 5.41) is 12.9. The lowest BCUT2D eigenvalue weighted by Crippen LogP contribution is -2.28. The average molecular weight is 357 g/mol. The first kappa shape index (κ1) is 17.5. The zero-order chi connectivity index (χ0) is 16.5. The van der Waals surface area contributed by atoms with Gasteiger partial charge in [-0.3, -0.25) is 9.48 Å². The normalized spacial score (nSPS) is 19.6. The van der Waals surface area contributed by atoms with Gasteiger partial charge in [-0.05, 0) is 17.0 Å². The van der Waals surface area contributed by atoms with Crippen molar-refractivity contribution in [2.45, 2.75) is 5.92 Å². The minimum Gasteiger partial charge on any atom is -0.325 e. The van der Waals surface area contributed by atoms with Gasteiger partial charge >= 0.3 is 0 Å². The summed E-state index contributed by atoms with van der Waals surface area (Å²) in [6, 6.07) is 14.1. The number of hydrogen-bond acceptors (Lipinski definition) is 3. The third-order valence-corrected chi connectivity index (χ3v) is 4.75. The largest absolute Gasteiger partial charge is 0.325 e. The molecule has 2 aromatic carbocycles. The molecular weight excluding hydrogens is 336 g/mol. The van der Waals surface area contributed by atoms with Gasteiger partial charge in [-0.2, -0.15) is 5.10 Å². The molecule has 0 unspecified atom stereocenters. The summed E-state index contributed by atoms with van der Waals surface area (Å²) in [6.07, 6.45) is 3.85. The highest BCUT2D eigenvalue weighted by Crippen LogP contribution is 2.30. The number of aryl methyl sites for hydroxylation is 1. The monoisotopic (exact) mass is 356 g/mol. The topological polar surface area (TPSA) is 59.0 Å². The second kappa shape index (κ2) is 7.25. The second-order valence-corrected chi connectivity index (χ2v) is 6.33. The van der Waals surface area contributed by atoms with Crippen LogP contribution in [0.2, 0.25) is 0 Å². The summed E-state index contributed by atoms with van der Waals surface area (Å²) in [5.41, 5.74) is 1.98. The number of nitrogens with zero attached hydrogens (tertiary/aromatic N) is 2. The molecule has 0 spiro atoms. The van der Waals surface area contributed by atoms with Crippen LogP contribution in [0.3, 0.4) is 0 Å². The lowest BCUT2D eigenvalue weighted by atomic mass is 9.90. The van der Waals surface area contributed by atoms with E-state index in [1.54, 1.807) is 4.68 Å². The molecule has 4 rings (SSSR count). The zero-order valence-corrected chi connectivity index (χ0v) is 14.8. The van der Waals surface area contributed by atoms with Crippen molar-refractivity contribution in [3.05, 3.63) is 60.4 Å². The third kappa shape index (κ3) is 3.38. The van der Waals surface area contributed by atoms with Crippen LogP contribution < -0.4 is 10.6 Å². The van der Waals surface area contributed by atoms with E-state index >= 15 is 0 Å². The highest BCUT2D eigenvalue weighted by Gasteiger charge is 2.34. The number of nitrogens with one attached hydrogen (secondary N) is 2. The Morgan fingerprint density at radius 2 is 2.00 bits per heavy atom. The average Bonchev–Trinajstić information content (AvgIpc) is 3.24. The van der Waals surface area contributed by atoms with E-state index in [2.05, 4.69) is 27.9 Å². The van der Waals surface area contributed by atoms with Crippen LogP contribution in [0.5, 0.6) is 0 Å². The van der Waals surface area contributed by atoms with Gasteiger partial charge in [-0.15, -0.1) is 12.4 Å². The predicted octanol–water partition coefficient (Wildman–Crippen LogP) is 2.94. The molecule has 2 heterocycles. The molecule has 5 nitrogen and oxygen atoms in total. The number of halogens is 1. The van der Waals surface area contributed by atoms with Crippen molar-refractivity contribution in [3.63, 3.8) is 0 Å². The van der Waals surface area contributed by atoms with E-state index in [0.717, 1.165) is 28.6 Å². The van der Waals surface area contributed by atoms with Crippen molar-refractivity contribution in [2.75, 3.05) is 18.4 Å². The molecule has 25 heavy (non-hydrogen) atoms. The Labute approximate surface area is 152 Å². The molecule has 130 valence electrons. The van der Waals surface area contributed by atoms with Gasteiger partial charge in [0.25, 0.3) is 0 Å². The number of fused-ring (bicyclic) bond motifs is 1. The van der Waals surface area contributed by atoms with E-state index in [1.807, 2.05) is 49.8 Å². The van der Waals surface area contributed by atoms with Crippen molar-refractivity contribution in [1.82, 2.24) is 15.1 Å². The Balaban J connectivity index is 0.00000182. The van der Waals surface area contributed by atoms with Gasteiger partial charge in [-0.1, -0.05) is 36.4 Å². The van der Waals surface area contributed by atoms with Gasteiger partial charge < -0.3 is 10.6 Å². The predicted molar refractivity (Wildman–Crippen MR) is 102 cm³/mol. The first-order chi connectivity index (χ1) is 11.7. The van der Waals surface area contributed by atoms with Crippen molar-refractivity contribution in [1.29, 1.82) is 0 Å². The molecule has 0 aliphatic carbocycles. The van der Waals surface area contributed by atoms with Gasteiger partial charge in [0, 0.05) is 43.3 Å². The summed E-state index contributed by atoms with van der Waals surface area (Å²) in [7, 11) is 1.90. The van der Waals surface area contributed by atoms with Crippen molar-refractivity contribution in [3.8, 4) is 0 Å². The lowest BCUT2D eigenvalue weighted by Gasteiger charge is -2.18. The van der Waals surface area contributed by atoms with Crippen LogP contribution in [-0.4, -0.2) is 28.8 Å². The number of carbonyl (C=O) groups is 1. The van der Waals surface area contributed by atoms with Crippen molar-refractivity contribution >= 4 is 34.8 Å². The number of aromatic nitrogens is 2. The van der Waals surface area contributed by atoms with Gasteiger partial charge in [0.05, 0.1) is 12.1 Å². The van der Waals surface area contributed by atoms with E-state index in [9.17, 15) is 4.79 Å². The molecule has 1 aliphatic rings. The number of amides is 1. The summed E-state index contributed by atoms with van der Waals surface area (Å²) in [5.74, 6) is 0.132. The zero-order valence-electron chi connectivity index (χ0n) is 14.0. The molecular formula is C19H21ClN4O. The summed E-state index contributed by atoms with van der Waals surface area (Å²) < 4.78 is 1.79. The van der Waals surface area contributed by atoms with Crippen LogP contribution in [0.15, 0.2) is 54.9 Å². The second-order valence-electron chi connectivity index (χ2n) is 6.33. The molecule has 2 atom stereocenters. The fraction of sp³-hybridized carbons (Fsp3) is 0.263. The van der Waals surface area contributed by atoms with Crippen LogP contribution in [-0.2, 0) is 11.8 Å². The molecule has 2 N–H and O–H groups in total. The van der Waals surface area contributed by atoms with Crippen LogP contribution in [0, 0.1) is 5.92 Å². The Morgan fingerprint density at radius 1 is 1.20 bits per heavy atom. The maximum Gasteiger partial charge on any atom is 0.229 e. The molecule has 0 saturated carbocycles. The molecule has 1 aliphatic heterocycles. The highest BCUT2D eigenvalue weighted by atomic mass is 35.5. The van der Waals surface area contributed by atoms with E-state index in [-0.39, 0.29) is 30.2 Å². The Morgan fingerprint density at radius 3 is 2.80 bits per heavy atom. The van der Waals surface area contributed by atoms with Gasteiger partial charge in [0.2, 0.25) is 5.91 Å². The van der Waals surface area contributed by atoms with E-state index < -0.39 is 0 Å². The molecule has 3 aromatic rings. The lowest BCUT2D eigenvalue weighted by molar-refractivity contribution is -0.119. The van der Waals surface area contributed by atoms with Crippen LogP contribution >= 0.6 is 12.4 Å². The fourth-order valence-corrected chi connectivity index (χ4v) is 3.50. The van der Waals surface area contributed by atoms with Gasteiger partial charge in [-0.25, -0.2) is 0 Å². The molecule has 0 radical (unpaired) electrons. The summed E-state index contributed by atoms with van der Waals surface area (Å²) in [4.78, 5) is 12.9. The number of rotatable bonds is 3. The molecule has 1 saturated heterocycles.